The fourth-order valence-electron chi connectivity index (χ4n) is 2.07. The Kier molecular flexibility index (Phi) is 3.73. The van der Waals surface area contributed by atoms with Crippen LogP contribution in [0, 0.1) is 6.92 Å². The van der Waals surface area contributed by atoms with Gasteiger partial charge in [-0.15, -0.1) is 10.2 Å². The third kappa shape index (κ3) is 2.46. The van der Waals surface area contributed by atoms with Gasteiger partial charge in [0, 0.05) is 6.61 Å². The Morgan fingerprint density at radius 3 is 3.06 bits per heavy atom. The van der Waals surface area contributed by atoms with Crippen molar-refractivity contribution in [1.29, 1.82) is 0 Å². The zero-order valence-electron chi connectivity index (χ0n) is 10.2. The van der Waals surface area contributed by atoms with Gasteiger partial charge in [-0.3, -0.25) is 0 Å². The van der Waals surface area contributed by atoms with E-state index in [0.717, 1.165) is 25.3 Å². The third-order valence-electron chi connectivity index (χ3n) is 2.83. The second-order valence-corrected chi connectivity index (χ2v) is 4.03. The Morgan fingerprint density at radius 1 is 1.59 bits per heavy atom. The first-order valence-corrected chi connectivity index (χ1v) is 5.90. The highest BCUT2D eigenvalue weighted by Gasteiger charge is 2.25. The molecule has 1 aliphatic rings. The molecule has 0 saturated carbocycles. The van der Waals surface area contributed by atoms with E-state index in [1.54, 1.807) is 6.92 Å². The van der Waals surface area contributed by atoms with Gasteiger partial charge < -0.3 is 14.0 Å². The maximum Gasteiger partial charge on any atom is 0.376 e. The topological polar surface area (TPSA) is 66.2 Å². The summed E-state index contributed by atoms with van der Waals surface area (Å²) in [6.45, 7) is 5.34. The van der Waals surface area contributed by atoms with Gasteiger partial charge in [0.15, 0.2) is 0 Å². The van der Waals surface area contributed by atoms with E-state index < -0.39 is 5.97 Å². The number of carbonyl (C=O) groups is 1. The van der Waals surface area contributed by atoms with Crippen molar-refractivity contribution in [2.24, 2.45) is 0 Å². The summed E-state index contributed by atoms with van der Waals surface area (Å²) >= 11 is 0. The molecule has 2 rings (SSSR count). The van der Waals surface area contributed by atoms with E-state index in [4.69, 9.17) is 9.47 Å². The molecule has 6 heteroatoms. The van der Waals surface area contributed by atoms with E-state index in [0.29, 0.717) is 13.2 Å². The first-order valence-electron chi connectivity index (χ1n) is 5.90. The molecular weight excluding hydrogens is 222 g/mol. The molecule has 0 radical (unpaired) electrons. The molecule has 1 atom stereocenters. The lowest BCUT2D eigenvalue weighted by Gasteiger charge is -2.24. The van der Waals surface area contributed by atoms with Gasteiger partial charge in [0.25, 0.3) is 0 Å². The molecule has 0 amide bonds. The van der Waals surface area contributed by atoms with Crippen LogP contribution in [0.15, 0.2) is 0 Å². The molecule has 0 aromatic carbocycles. The maximum absolute atomic E-state index is 11.7. The molecule has 94 valence electrons. The van der Waals surface area contributed by atoms with Crippen LogP contribution in [-0.4, -0.2) is 40.6 Å². The molecule has 0 bridgehead atoms. The fourth-order valence-corrected chi connectivity index (χ4v) is 2.07. The Hall–Kier alpha value is -1.43. The van der Waals surface area contributed by atoms with Crippen molar-refractivity contribution < 1.29 is 14.3 Å². The summed E-state index contributed by atoms with van der Waals surface area (Å²) in [7, 11) is 0. The van der Waals surface area contributed by atoms with Crippen LogP contribution in [0.5, 0.6) is 0 Å². The summed E-state index contributed by atoms with van der Waals surface area (Å²) in [5.74, 6) is 0.585. The lowest BCUT2D eigenvalue weighted by Crippen LogP contribution is -2.25. The highest BCUT2D eigenvalue weighted by atomic mass is 16.5. The Morgan fingerprint density at radius 2 is 2.41 bits per heavy atom. The van der Waals surface area contributed by atoms with Gasteiger partial charge in [-0.25, -0.2) is 4.79 Å². The normalized spacial score (nSPS) is 20.2. The number of aryl methyl sites for hydroxylation is 1. The second-order valence-electron chi connectivity index (χ2n) is 4.03. The van der Waals surface area contributed by atoms with Crippen LogP contribution in [0.2, 0.25) is 0 Å². The number of nitrogens with zero attached hydrogens (tertiary/aromatic N) is 3. The largest absolute Gasteiger partial charge is 0.460 e. The molecule has 1 fully saturated rings. The molecule has 0 spiro atoms. The van der Waals surface area contributed by atoms with Crippen LogP contribution >= 0.6 is 0 Å². The minimum Gasteiger partial charge on any atom is -0.460 e. The van der Waals surface area contributed by atoms with Crippen molar-refractivity contribution >= 4 is 5.97 Å². The standard InChI is InChI=1S/C11H17N3O3/c1-3-17-11(15)10-13-12-8(2)14(10)9-5-4-6-16-7-9/h9H,3-7H2,1-2H3. The van der Waals surface area contributed by atoms with Gasteiger partial charge >= 0.3 is 5.97 Å². The van der Waals surface area contributed by atoms with Crippen LogP contribution < -0.4 is 0 Å². The van der Waals surface area contributed by atoms with Gasteiger partial charge in [0.2, 0.25) is 5.82 Å². The minimum absolute atomic E-state index is 0.137. The summed E-state index contributed by atoms with van der Waals surface area (Å²) in [5, 5.41) is 7.84. The van der Waals surface area contributed by atoms with E-state index in [1.807, 2.05) is 11.5 Å². The molecular formula is C11H17N3O3. The summed E-state index contributed by atoms with van der Waals surface area (Å²) in [4.78, 5) is 11.7. The van der Waals surface area contributed by atoms with Gasteiger partial charge in [0.1, 0.15) is 5.82 Å². The summed E-state index contributed by atoms with van der Waals surface area (Å²) in [5.41, 5.74) is 0. The minimum atomic E-state index is -0.418. The molecule has 1 aromatic heterocycles. The van der Waals surface area contributed by atoms with E-state index in [1.165, 1.54) is 0 Å². The molecule has 1 aliphatic heterocycles. The number of carbonyl (C=O) groups excluding carboxylic acids is 1. The van der Waals surface area contributed by atoms with Crippen molar-refractivity contribution in [3.8, 4) is 0 Å². The molecule has 2 heterocycles. The predicted octanol–water partition coefficient (Wildman–Crippen LogP) is 1.11. The van der Waals surface area contributed by atoms with Crippen molar-refractivity contribution in [2.75, 3.05) is 19.8 Å². The van der Waals surface area contributed by atoms with Crippen molar-refractivity contribution in [1.82, 2.24) is 14.8 Å². The van der Waals surface area contributed by atoms with Crippen LogP contribution in [0.1, 0.15) is 42.3 Å². The van der Waals surface area contributed by atoms with Crippen molar-refractivity contribution in [2.45, 2.75) is 32.7 Å². The number of aromatic nitrogens is 3. The molecule has 0 N–H and O–H groups in total. The Bertz CT molecular complexity index is 397. The van der Waals surface area contributed by atoms with Crippen LogP contribution in [0.3, 0.4) is 0 Å². The lowest BCUT2D eigenvalue weighted by atomic mass is 10.1. The lowest BCUT2D eigenvalue weighted by molar-refractivity contribution is 0.0442. The van der Waals surface area contributed by atoms with Gasteiger partial charge in [-0.1, -0.05) is 0 Å². The Labute approximate surface area is 99.9 Å². The van der Waals surface area contributed by atoms with Gasteiger partial charge in [0.05, 0.1) is 19.3 Å². The second kappa shape index (κ2) is 5.27. The van der Waals surface area contributed by atoms with E-state index >= 15 is 0 Å². The first-order chi connectivity index (χ1) is 8.24. The highest BCUT2D eigenvalue weighted by molar-refractivity contribution is 5.85. The first kappa shape index (κ1) is 12.0. The molecule has 0 aliphatic carbocycles. The van der Waals surface area contributed by atoms with E-state index in [9.17, 15) is 4.79 Å². The Balaban J connectivity index is 2.25. The molecule has 1 saturated heterocycles. The quantitative estimate of drug-likeness (QED) is 0.739. The number of hydrogen-bond acceptors (Lipinski definition) is 5. The number of esters is 1. The third-order valence-corrected chi connectivity index (χ3v) is 2.83. The van der Waals surface area contributed by atoms with Crippen molar-refractivity contribution in [3.63, 3.8) is 0 Å². The predicted molar refractivity (Wildman–Crippen MR) is 59.8 cm³/mol. The molecule has 17 heavy (non-hydrogen) atoms. The summed E-state index contributed by atoms with van der Waals surface area (Å²) in [6.07, 6.45) is 1.97. The van der Waals surface area contributed by atoms with Crippen LogP contribution in [0.25, 0.3) is 0 Å². The average Bonchev–Trinajstić information content (AvgIpc) is 2.73. The van der Waals surface area contributed by atoms with Gasteiger partial charge in [-0.2, -0.15) is 0 Å². The van der Waals surface area contributed by atoms with Crippen LogP contribution in [-0.2, 0) is 9.47 Å². The monoisotopic (exact) mass is 239 g/mol. The van der Waals surface area contributed by atoms with E-state index in [2.05, 4.69) is 10.2 Å². The number of hydrogen-bond donors (Lipinski definition) is 0. The summed E-state index contributed by atoms with van der Waals surface area (Å²) < 4.78 is 12.2. The smallest absolute Gasteiger partial charge is 0.376 e. The molecule has 1 unspecified atom stereocenters. The average molecular weight is 239 g/mol. The highest BCUT2D eigenvalue weighted by Crippen LogP contribution is 2.22. The zero-order valence-corrected chi connectivity index (χ0v) is 10.2. The number of rotatable bonds is 3. The SMILES string of the molecule is CCOC(=O)c1nnc(C)n1C1CCCOC1. The van der Waals surface area contributed by atoms with E-state index in [-0.39, 0.29) is 11.9 Å². The zero-order chi connectivity index (χ0) is 12.3. The number of ether oxygens (including phenoxy) is 2. The van der Waals surface area contributed by atoms with Crippen molar-refractivity contribution in [3.05, 3.63) is 11.6 Å². The fraction of sp³-hybridized carbons (Fsp3) is 0.727. The molecule has 1 aromatic rings. The maximum atomic E-state index is 11.7. The van der Waals surface area contributed by atoms with Crippen LogP contribution in [0.4, 0.5) is 0 Å². The van der Waals surface area contributed by atoms with Gasteiger partial charge in [-0.05, 0) is 26.7 Å². The molecule has 6 nitrogen and oxygen atoms in total. The summed E-state index contributed by atoms with van der Waals surface area (Å²) in [6, 6.07) is 0.137.